The van der Waals surface area contributed by atoms with E-state index in [1.54, 1.807) is 23.1 Å². The first-order chi connectivity index (χ1) is 8.33. The molecule has 2 aromatic rings. The monoisotopic (exact) mass is 284 g/mol. The zero-order valence-corrected chi connectivity index (χ0v) is 11.6. The van der Waals surface area contributed by atoms with Gasteiger partial charge in [0.05, 0.1) is 17.4 Å². The molecule has 90 valence electrons. The highest BCUT2D eigenvalue weighted by Gasteiger charge is 2.22. The van der Waals surface area contributed by atoms with E-state index in [9.17, 15) is 4.79 Å². The SMILES string of the molecule is O=C(Cc1cn2ccsc2n1)C1CSCCS1. The number of imidazole rings is 1. The molecule has 3 nitrogen and oxygen atoms in total. The number of hydrogen-bond donors (Lipinski definition) is 0. The van der Waals surface area contributed by atoms with Crippen molar-refractivity contribution < 1.29 is 4.79 Å². The molecule has 0 spiro atoms. The fourth-order valence-electron chi connectivity index (χ4n) is 1.83. The van der Waals surface area contributed by atoms with Crippen LogP contribution in [0.25, 0.3) is 4.96 Å². The molecule has 0 aliphatic carbocycles. The highest BCUT2D eigenvalue weighted by molar-refractivity contribution is 8.07. The van der Waals surface area contributed by atoms with Crippen molar-refractivity contribution in [2.24, 2.45) is 0 Å². The Morgan fingerprint density at radius 1 is 1.53 bits per heavy atom. The third-order valence-electron chi connectivity index (χ3n) is 2.67. The van der Waals surface area contributed by atoms with Crippen LogP contribution in [-0.2, 0) is 11.2 Å². The second-order valence-corrected chi connectivity index (χ2v) is 7.24. The molecule has 6 heteroatoms. The summed E-state index contributed by atoms with van der Waals surface area (Å²) in [4.78, 5) is 17.5. The van der Waals surface area contributed by atoms with Gasteiger partial charge in [0.2, 0.25) is 0 Å². The van der Waals surface area contributed by atoms with Gasteiger partial charge in [0.25, 0.3) is 0 Å². The number of thioether (sulfide) groups is 2. The molecule has 1 aliphatic heterocycles. The van der Waals surface area contributed by atoms with Crippen LogP contribution in [0.15, 0.2) is 17.8 Å². The molecule has 1 saturated heterocycles. The van der Waals surface area contributed by atoms with E-state index < -0.39 is 0 Å². The molecular formula is C11H12N2OS3. The minimum Gasteiger partial charge on any atom is -0.298 e. The number of carbonyl (C=O) groups is 1. The number of carbonyl (C=O) groups excluding carboxylic acids is 1. The number of Topliss-reactive ketones (excluding diaryl/α,β-unsaturated/α-hetero) is 1. The standard InChI is InChI=1S/C11H12N2OS3/c14-9(10-7-15-3-4-16-10)5-8-6-13-1-2-17-11(13)12-8/h1-2,6,10H,3-5,7H2. The zero-order chi connectivity index (χ0) is 11.7. The predicted molar refractivity (Wildman–Crippen MR) is 75.4 cm³/mol. The van der Waals surface area contributed by atoms with Gasteiger partial charge in [-0.3, -0.25) is 9.20 Å². The molecule has 0 bridgehead atoms. The largest absolute Gasteiger partial charge is 0.298 e. The van der Waals surface area contributed by atoms with Crippen LogP contribution in [0.2, 0.25) is 0 Å². The Kier molecular flexibility index (Phi) is 3.44. The van der Waals surface area contributed by atoms with Crippen molar-refractivity contribution in [1.29, 1.82) is 0 Å². The highest BCUT2D eigenvalue weighted by Crippen LogP contribution is 2.25. The summed E-state index contributed by atoms with van der Waals surface area (Å²) in [6.45, 7) is 0. The van der Waals surface area contributed by atoms with E-state index in [1.807, 2.05) is 33.9 Å². The summed E-state index contributed by atoms with van der Waals surface area (Å²) in [5.41, 5.74) is 0.901. The third kappa shape index (κ3) is 2.53. The molecule has 2 aromatic heterocycles. The minimum atomic E-state index is 0.175. The van der Waals surface area contributed by atoms with E-state index in [4.69, 9.17) is 0 Å². The predicted octanol–water partition coefficient (Wildman–Crippen LogP) is 2.36. The van der Waals surface area contributed by atoms with Crippen molar-refractivity contribution in [3.05, 3.63) is 23.5 Å². The maximum absolute atomic E-state index is 12.1. The number of nitrogens with zero attached hydrogens (tertiary/aromatic N) is 2. The van der Waals surface area contributed by atoms with Crippen molar-refractivity contribution in [1.82, 2.24) is 9.38 Å². The lowest BCUT2D eigenvalue weighted by Gasteiger charge is -2.19. The maximum Gasteiger partial charge on any atom is 0.193 e. The topological polar surface area (TPSA) is 34.4 Å². The first kappa shape index (κ1) is 11.6. The van der Waals surface area contributed by atoms with Crippen LogP contribution in [0.3, 0.4) is 0 Å². The molecule has 0 N–H and O–H groups in total. The average Bonchev–Trinajstić information content (AvgIpc) is 2.90. The Morgan fingerprint density at radius 3 is 3.24 bits per heavy atom. The fraction of sp³-hybridized carbons (Fsp3) is 0.455. The quantitative estimate of drug-likeness (QED) is 0.866. The van der Waals surface area contributed by atoms with Gasteiger partial charge in [0, 0.05) is 35.0 Å². The van der Waals surface area contributed by atoms with Crippen LogP contribution in [0.4, 0.5) is 0 Å². The Hall–Kier alpha value is -0.460. The molecule has 0 radical (unpaired) electrons. The third-order valence-corrected chi connectivity index (χ3v) is 6.25. The van der Waals surface area contributed by atoms with Crippen molar-refractivity contribution in [3.8, 4) is 0 Å². The summed E-state index contributed by atoms with van der Waals surface area (Å²) in [6.07, 6.45) is 4.42. The van der Waals surface area contributed by atoms with Gasteiger partial charge in [-0.1, -0.05) is 0 Å². The van der Waals surface area contributed by atoms with E-state index in [2.05, 4.69) is 4.98 Å². The number of hydrogen-bond acceptors (Lipinski definition) is 5. The molecule has 0 aromatic carbocycles. The van der Waals surface area contributed by atoms with Crippen molar-refractivity contribution in [3.63, 3.8) is 0 Å². The van der Waals surface area contributed by atoms with Crippen LogP contribution in [0, 0.1) is 0 Å². The molecule has 0 saturated carbocycles. The van der Waals surface area contributed by atoms with Crippen LogP contribution >= 0.6 is 34.9 Å². The number of aromatic nitrogens is 2. The molecule has 0 amide bonds. The highest BCUT2D eigenvalue weighted by atomic mass is 32.2. The van der Waals surface area contributed by atoms with E-state index in [0.717, 1.165) is 22.2 Å². The molecule has 1 unspecified atom stereocenters. The Bertz CT molecular complexity index is 499. The molecule has 1 atom stereocenters. The lowest BCUT2D eigenvalue weighted by molar-refractivity contribution is -0.117. The van der Waals surface area contributed by atoms with Crippen LogP contribution in [0.5, 0.6) is 0 Å². The smallest absolute Gasteiger partial charge is 0.193 e. The van der Waals surface area contributed by atoms with Gasteiger partial charge >= 0.3 is 0 Å². The first-order valence-electron chi connectivity index (χ1n) is 5.46. The Balaban J connectivity index is 1.69. The second-order valence-electron chi connectivity index (χ2n) is 3.90. The lowest BCUT2D eigenvalue weighted by Crippen LogP contribution is -2.25. The van der Waals surface area contributed by atoms with Crippen molar-refractivity contribution in [2.45, 2.75) is 11.7 Å². The van der Waals surface area contributed by atoms with Gasteiger partial charge in [0.15, 0.2) is 10.7 Å². The lowest BCUT2D eigenvalue weighted by atomic mass is 10.2. The van der Waals surface area contributed by atoms with E-state index in [1.165, 1.54) is 5.75 Å². The Labute approximate surface area is 112 Å². The fourth-order valence-corrected chi connectivity index (χ4v) is 5.20. The minimum absolute atomic E-state index is 0.175. The van der Waals surface area contributed by atoms with Gasteiger partial charge in [-0.15, -0.1) is 23.1 Å². The van der Waals surface area contributed by atoms with Gasteiger partial charge < -0.3 is 0 Å². The summed E-state index contributed by atoms with van der Waals surface area (Å²) in [5, 5.41) is 2.18. The summed E-state index contributed by atoms with van der Waals surface area (Å²) in [7, 11) is 0. The van der Waals surface area contributed by atoms with Crippen molar-refractivity contribution >= 4 is 45.6 Å². The number of thiazole rings is 1. The summed E-state index contributed by atoms with van der Waals surface area (Å²) < 4.78 is 1.98. The summed E-state index contributed by atoms with van der Waals surface area (Å²) in [5.74, 6) is 3.56. The summed E-state index contributed by atoms with van der Waals surface area (Å²) >= 11 is 5.28. The van der Waals surface area contributed by atoms with Crippen LogP contribution < -0.4 is 0 Å². The Morgan fingerprint density at radius 2 is 2.47 bits per heavy atom. The zero-order valence-electron chi connectivity index (χ0n) is 9.17. The molecule has 17 heavy (non-hydrogen) atoms. The van der Waals surface area contributed by atoms with Gasteiger partial charge in [-0.05, 0) is 0 Å². The van der Waals surface area contributed by atoms with Gasteiger partial charge in [0.1, 0.15) is 0 Å². The van der Waals surface area contributed by atoms with Crippen LogP contribution in [-0.4, -0.2) is 37.7 Å². The maximum atomic E-state index is 12.1. The average molecular weight is 284 g/mol. The first-order valence-corrected chi connectivity index (χ1v) is 8.54. The molecule has 1 aliphatic rings. The van der Waals surface area contributed by atoms with E-state index in [0.29, 0.717) is 12.2 Å². The van der Waals surface area contributed by atoms with E-state index in [-0.39, 0.29) is 5.25 Å². The molecule has 3 rings (SSSR count). The molecule has 3 heterocycles. The number of fused-ring (bicyclic) bond motifs is 1. The van der Waals surface area contributed by atoms with Gasteiger partial charge in [-0.25, -0.2) is 4.98 Å². The van der Waals surface area contributed by atoms with Crippen LogP contribution in [0.1, 0.15) is 5.69 Å². The normalized spacial score (nSPS) is 20.8. The number of ketones is 1. The van der Waals surface area contributed by atoms with Crippen molar-refractivity contribution in [2.75, 3.05) is 17.3 Å². The van der Waals surface area contributed by atoms with Gasteiger partial charge in [-0.2, -0.15) is 11.8 Å². The summed E-state index contributed by atoms with van der Waals surface area (Å²) in [6, 6.07) is 0. The van der Waals surface area contributed by atoms with E-state index >= 15 is 0 Å². The molecular weight excluding hydrogens is 272 g/mol. The second kappa shape index (κ2) is 5.04. The number of rotatable bonds is 3. The molecule has 1 fully saturated rings.